The highest BCUT2D eigenvalue weighted by molar-refractivity contribution is 9.10. The zero-order chi connectivity index (χ0) is 13.1. The van der Waals surface area contributed by atoms with Gasteiger partial charge in [0.2, 0.25) is 0 Å². The van der Waals surface area contributed by atoms with E-state index in [0.717, 1.165) is 15.5 Å². The summed E-state index contributed by atoms with van der Waals surface area (Å²) in [4.78, 5) is 1.83. The molecule has 2 rings (SSSR count). The first kappa shape index (κ1) is 13.6. The van der Waals surface area contributed by atoms with Crippen LogP contribution in [-0.2, 0) is 5.33 Å². The third-order valence-corrected chi connectivity index (χ3v) is 4.02. The molecule has 0 aromatic heterocycles. The Morgan fingerprint density at radius 3 is 2.44 bits per heavy atom. The maximum absolute atomic E-state index is 13.7. The van der Waals surface area contributed by atoms with Crippen LogP contribution in [0.5, 0.6) is 0 Å². The molecule has 0 saturated carbocycles. The van der Waals surface area contributed by atoms with Gasteiger partial charge in [-0.3, -0.25) is 0 Å². The summed E-state index contributed by atoms with van der Waals surface area (Å²) in [5, 5.41) is 0.801. The Labute approximate surface area is 123 Å². The van der Waals surface area contributed by atoms with E-state index >= 15 is 0 Å². The van der Waals surface area contributed by atoms with E-state index in [2.05, 4.69) is 31.9 Å². The minimum Gasteiger partial charge on any atom is -0.341 e. The van der Waals surface area contributed by atoms with Crippen LogP contribution in [-0.4, -0.2) is 7.05 Å². The van der Waals surface area contributed by atoms with Crippen molar-refractivity contribution < 1.29 is 4.39 Å². The van der Waals surface area contributed by atoms with Crippen LogP contribution in [0.4, 0.5) is 15.8 Å². The van der Waals surface area contributed by atoms with Crippen molar-refractivity contribution in [2.75, 3.05) is 11.9 Å². The van der Waals surface area contributed by atoms with Gasteiger partial charge in [0.15, 0.2) is 0 Å². The molecule has 0 fully saturated rings. The third kappa shape index (κ3) is 2.75. The van der Waals surface area contributed by atoms with Crippen LogP contribution < -0.4 is 4.90 Å². The molecule has 0 aliphatic rings. The van der Waals surface area contributed by atoms with Crippen LogP contribution in [0.2, 0.25) is 0 Å². The highest BCUT2D eigenvalue weighted by Crippen LogP contribution is 2.33. The fourth-order valence-corrected chi connectivity index (χ4v) is 2.80. The molecule has 0 amide bonds. The fraction of sp³-hybridized carbons (Fsp3) is 0.143. The minimum atomic E-state index is -0.225. The van der Waals surface area contributed by atoms with Gasteiger partial charge in [-0.2, -0.15) is 0 Å². The van der Waals surface area contributed by atoms with Crippen molar-refractivity contribution in [2.24, 2.45) is 0 Å². The van der Waals surface area contributed by atoms with Gasteiger partial charge in [-0.1, -0.05) is 34.1 Å². The molecule has 4 heteroatoms. The first-order valence-electron chi connectivity index (χ1n) is 5.46. The van der Waals surface area contributed by atoms with E-state index in [9.17, 15) is 4.39 Å². The van der Waals surface area contributed by atoms with Gasteiger partial charge in [-0.05, 0) is 45.8 Å². The molecule has 94 valence electrons. The zero-order valence-corrected chi connectivity index (χ0v) is 13.0. The van der Waals surface area contributed by atoms with Crippen LogP contribution in [0.3, 0.4) is 0 Å². The number of hydrogen-bond donors (Lipinski definition) is 0. The Balaban J connectivity index is 2.40. The molecule has 0 spiro atoms. The van der Waals surface area contributed by atoms with Crippen LogP contribution in [0.25, 0.3) is 0 Å². The Morgan fingerprint density at radius 2 is 1.83 bits per heavy atom. The third-order valence-electron chi connectivity index (χ3n) is 2.74. The molecule has 0 heterocycles. The van der Waals surface area contributed by atoms with Gasteiger partial charge in [-0.15, -0.1) is 0 Å². The second-order valence-electron chi connectivity index (χ2n) is 3.93. The monoisotopic (exact) mass is 371 g/mol. The summed E-state index contributed by atoms with van der Waals surface area (Å²) in [6, 6.07) is 12.8. The summed E-state index contributed by atoms with van der Waals surface area (Å²) in [6.07, 6.45) is 0. The first-order chi connectivity index (χ1) is 8.63. The minimum absolute atomic E-state index is 0.225. The molecule has 0 unspecified atom stereocenters. The predicted molar refractivity (Wildman–Crippen MR) is 81.2 cm³/mol. The second kappa shape index (κ2) is 5.85. The molecule has 2 aromatic rings. The average Bonchev–Trinajstić information content (AvgIpc) is 2.38. The quantitative estimate of drug-likeness (QED) is 0.665. The van der Waals surface area contributed by atoms with E-state index in [-0.39, 0.29) is 5.82 Å². The fourth-order valence-electron chi connectivity index (χ4n) is 1.76. The Morgan fingerprint density at radius 1 is 1.11 bits per heavy atom. The topological polar surface area (TPSA) is 3.24 Å². The summed E-state index contributed by atoms with van der Waals surface area (Å²) in [7, 11) is 1.85. The van der Waals surface area contributed by atoms with Gasteiger partial charge in [0.05, 0.1) is 11.4 Å². The number of benzene rings is 2. The van der Waals surface area contributed by atoms with Crippen LogP contribution in [0.1, 0.15) is 5.56 Å². The number of anilines is 2. The molecule has 0 atom stereocenters. The van der Waals surface area contributed by atoms with Gasteiger partial charge in [-0.25, -0.2) is 4.39 Å². The maximum Gasteiger partial charge on any atom is 0.146 e. The van der Waals surface area contributed by atoms with E-state index < -0.39 is 0 Å². The van der Waals surface area contributed by atoms with E-state index in [4.69, 9.17) is 0 Å². The molecule has 0 aliphatic carbocycles. The van der Waals surface area contributed by atoms with Crippen LogP contribution >= 0.6 is 31.9 Å². The lowest BCUT2D eigenvalue weighted by molar-refractivity contribution is 0.627. The molecule has 0 bridgehead atoms. The molecule has 2 aromatic carbocycles. The van der Waals surface area contributed by atoms with Crippen molar-refractivity contribution in [1.82, 2.24) is 0 Å². The molecule has 0 N–H and O–H groups in total. The van der Waals surface area contributed by atoms with E-state index in [1.54, 1.807) is 12.1 Å². The Hall–Kier alpha value is -0.870. The normalized spacial score (nSPS) is 10.4. The summed E-state index contributed by atoms with van der Waals surface area (Å²) in [6.45, 7) is 0. The van der Waals surface area contributed by atoms with Gasteiger partial charge in [0.25, 0.3) is 0 Å². The van der Waals surface area contributed by atoms with Gasteiger partial charge < -0.3 is 4.90 Å². The standard InChI is InChI=1S/C14H12Br2FN/c1-18(14-5-3-2-4-12(14)17)13-7-6-10(9-15)8-11(13)16/h2-8H,9H2,1H3. The highest BCUT2D eigenvalue weighted by atomic mass is 79.9. The van der Waals surface area contributed by atoms with Crippen molar-refractivity contribution in [1.29, 1.82) is 0 Å². The van der Waals surface area contributed by atoms with E-state index in [1.165, 1.54) is 11.6 Å². The van der Waals surface area contributed by atoms with Gasteiger partial charge in [0.1, 0.15) is 5.82 Å². The van der Waals surface area contributed by atoms with Gasteiger partial charge in [0, 0.05) is 16.9 Å². The van der Waals surface area contributed by atoms with E-state index in [0.29, 0.717) is 5.69 Å². The lowest BCUT2D eigenvalue weighted by Gasteiger charge is -2.21. The smallest absolute Gasteiger partial charge is 0.146 e. The predicted octanol–water partition coefficient (Wildman–Crippen LogP) is 5.25. The highest BCUT2D eigenvalue weighted by Gasteiger charge is 2.11. The molecular formula is C14H12Br2FN. The van der Waals surface area contributed by atoms with Crippen molar-refractivity contribution in [3.63, 3.8) is 0 Å². The number of rotatable bonds is 3. The van der Waals surface area contributed by atoms with Crippen LogP contribution in [0.15, 0.2) is 46.9 Å². The molecule has 0 saturated heterocycles. The summed E-state index contributed by atoms with van der Waals surface area (Å²) < 4.78 is 14.7. The Kier molecular flexibility index (Phi) is 4.40. The SMILES string of the molecule is CN(c1ccccc1F)c1ccc(CBr)cc1Br. The number of nitrogens with zero attached hydrogens (tertiary/aromatic N) is 1. The number of para-hydroxylation sites is 1. The molecule has 0 aliphatic heterocycles. The van der Waals surface area contributed by atoms with Crippen molar-refractivity contribution in [3.05, 3.63) is 58.3 Å². The largest absolute Gasteiger partial charge is 0.341 e. The summed E-state index contributed by atoms with van der Waals surface area (Å²) in [5.41, 5.74) is 2.67. The van der Waals surface area contributed by atoms with Crippen molar-refractivity contribution in [3.8, 4) is 0 Å². The first-order valence-corrected chi connectivity index (χ1v) is 7.37. The number of hydrogen-bond acceptors (Lipinski definition) is 1. The van der Waals surface area contributed by atoms with Crippen LogP contribution in [0, 0.1) is 5.82 Å². The summed E-state index contributed by atoms with van der Waals surface area (Å²) >= 11 is 6.94. The molecular weight excluding hydrogens is 361 g/mol. The molecule has 18 heavy (non-hydrogen) atoms. The van der Waals surface area contributed by atoms with Crippen molar-refractivity contribution >= 4 is 43.2 Å². The number of halogens is 3. The molecule has 0 radical (unpaired) electrons. The van der Waals surface area contributed by atoms with Gasteiger partial charge >= 0.3 is 0 Å². The lowest BCUT2D eigenvalue weighted by atomic mass is 10.2. The molecule has 1 nitrogen and oxygen atoms in total. The van der Waals surface area contributed by atoms with E-state index in [1.807, 2.05) is 36.2 Å². The Bertz CT molecular complexity index is 557. The second-order valence-corrected chi connectivity index (χ2v) is 5.34. The summed E-state index contributed by atoms with van der Waals surface area (Å²) in [5.74, 6) is -0.225. The zero-order valence-electron chi connectivity index (χ0n) is 9.83. The maximum atomic E-state index is 13.7. The average molecular weight is 373 g/mol. The number of alkyl halides is 1. The van der Waals surface area contributed by atoms with Crippen molar-refractivity contribution in [2.45, 2.75) is 5.33 Å². The lowest BCUT2D eigenvalue weighted by Crippen LogP contribution is -2.11.